The Morgan fingerprint density at radius 2 is 1.67 bits per heavy atom. The molecule has 2 nitrogen and oxygen atoms in total. The molecule has 0 bridgehead atoms. The Morgan fingerprint density at radius 3 is 2.20 bits per heavy atom. The van der Waals surface area contributed by atoms with Crippen LogP contribution < -0.4 is 0 Å². The van der Waals surface area contributed by atoms with E-state index in [0.717, 1.165) is 0 Å². The molecule has 15 heavy (non-hydrogen) atoms. The molecule has 84 valence electrons. The average Bonchev–Trinajstić information content (AvgIpc) is 2.86. The average molecular weight is 208 g/mol. The van der Waals surface area contributed by atoms with E-state index >= 15 is 0 Å². The molecule has 2 rings (SSSR count). The van der Waals surface area contributed by atoms with Crippen LogP contribution in [0.2, 0.25) is 0 Å². The number of carbonyl (C=O) groups excluding carboxylic acids is 1. The van der Waals surface area contributed by atoms with Crippen molar-refractivity contribution in [3.8, 4) is 0 Å². The maximum absolute atomic E-state index is 11.1. The van der Waals surface area contributed by atoms with Crippen LogP contribution in [0, 0.1) is 11.8 Å². The minimum absolute atomic E-state index is 0.172. The molecular formula is C13H20O2. The Bertz CT molecular complexity index is 252. The van der Waals surface area contributed by atoms with E-state index in [1.807, 2.05) is 0 Å². The van der Waals surface area contributed by atoms with Crippen LogP contribution in [0.3, 0.4) is 0 Å². The Hall–Kier alpha value is -0.790. The van der Waals surface area contributed by atoms with Crippen LogP contribution in [-0.4, -0.2) is 13.1 Å². The minimum atomic E-state index is -0.172. The Balaban J connectivity index is 1.94. The lowest BCUT2D eigenvalue weighted by Crippen LogP contribution is -1.94. The van der Waals surface area contributed by atoms with Crippen molar-refractivity contribution in [2.45, 2.75) is 44.9 Å². The summed E-state index contributed by atoms with van der Waals surface area (Å²) in [4.78, 5) is 11.1. The zero-order valence-electron chi connectivity index (χ0n) is 9.50. The van der Waals surface area contributed by atoms with Gasteiger partial charge in [-0.25, -0.2) is 4.79 Å². The van der Waals surface area contributed by atoms with Gasteiger partial charge in [-0.3, -0.25) is 0 Å². The largest absolute Gasteiger partial charge is 0.466 e. The van der Waals surface area contributed by atoms with Gasteiger partial charge in [0.25, 0.3) is 0 Å². The lowest BCUT2D eigenvalue weighted by molar-refractivity contribution is -0.134. The van der Waals surface area contributed by atoms with Gasteiger partial charge >= 0.3 is 5.97 Å². The van der Waals surface area contributed by atoms with Gasteiger partial charge < -0.3 is 4.74 Å². The molecule has 0 amide bonds. The van der Waals surface area contributed by atoms with Crippen LogP contribution >= 0.6 is 0 Å². The van der Waals surface area contributed by atoms with E-state index in [4.69, 9.17) is 0 Å². The van der Waals surface area contributed by atoms with Crippen LogP contribution in [0.25, 0.3) is 0 Å². The third-order valence-corrected chi connectivity index (χ3v) is 3.75. The van der Waals surface area contributed by atoms with E-state index in [-0.39, 0.29) is 5.97 Å². The summed E-state index contributed by atoms with van der Waals surface area (Å²) < 4.78 is 4.68. The molecule has 0 aromatic carbocycles. The maximum atomic E-state index is 11.1. The molecule has 2 aliphatic carbocycles. The van der Waals surface area contributed by atoms with Crippen LogP contribution in [-0.2, 0) is 9.53 Å². The zero-order chi connectivity index (χ0) is 10.7. The molecule has 0 saturated heterocycles. The Morgan fingerprint density at radius 1 is 1.13 bits per heavy atom. The Kier molecular flexibility index (Phi) is 3.45. The summed E-state index contributed by atoms with van der Waals surface area (Å²) in [6.07, 6.45) is 11.1. The monoisotopic (exact) mass is 208 g/mol. The second-order valence-electron chi connectivity index (χ2n) is 4.73. The predicted octanol–water partition coefficient (Wildman–Crippen LogP) is 3.08. The highest BCUT2D eigenvalue weighted by molar-refractivity contribution is 5.83. The smallest absolute Gasteiger partial charge is 0.330 e. The van der Waals surface area contributed by atoms with Gasteiger partial charge in [-0.1, -0.05) is 37.7 Å². The van der Waals surface area contributed by atoms with Gasteiger partial charge in [0.15, 0.2) is 0 Å². The highest BCUT2D eigenvalue weighted by atomic mass is 16.5. The molecule has 2 atom stereocenters. The van der Waals surface area contributed by atoms with Crippen molar-refractivity contribution in [2.75, 3.05) is 7.11 Å². The zero-order valence-corrected chi connectivity index (χ0v) is 9.50. The van der Waals surface area contributed by atoms with Gasteiger partial charge in [0.05, 0.1) is 7.11 Å². The minimum Gasteiger partial charge on any atom is -0.466 e. The quantitative estimate of drug-likeness (QED) is 0.489. The number of methoxy groups -OCH3 is 1. The van der Waals surface area contributed by atoms with Gasteiger partial charge in [0.1, 0.15) is 0 Å². The standard InChI is InChI=1S/C13H20O2/c1-15-13(14)9-12-10-7-5-3-2-4-6-8-11(10)12/h9-11H,2-8H2,1H3. The molecule has 0 N–H and O–H groups in total. The summed E-state index contributed by atoms with van der Waals surface area (Å²) in [7, 11) is 1.45. The first-order valence-electron chi connectivity index (χ1n) is 6.12. The fraction of sp³-hybridized carbons (Fsp3) is 0.769. The van der Waals surface area contributed by atoms with E-state index < -0.39 is 0 Å². The van der Waals surface area contributed by atoms with Crippen molar-refractivity contribution in [1.29, 1.82) is 0 Å². The molecule has 2 aliphatic rings. The second-order valence-corrected chi connectivity index (χ2v) is 4.73. The number of allylic oxidation sites excluding steroid dienone is 1. The van der Waals surface area contributed by atoms with Crippen LogP contribution in [0.5, 0.6) is 0 Å². The molecule has 2 heteroatoms. The van der Waals surface area contributed by atoms with Gasteiger partial charge in [0.2, 0.25) is 0 Å². The molecule has 2 unspecified atom stereocenters. The van der Waals surface area contributed by atoms with Gasteiger partial charge in [-0.15, -0.1) is 0 Å². The fourth-order valence-electron chi connectivity index (χ4n) is 2.81. The highest BCUT2D eigenvalue weighted by Crippen LogP contribution is 2.52. The van der Waals surface area contributed by atoms with E-state index in [2.05, 4.69) is 4.74 Å². The number of ether oxygens (including phenoxy) is 1. The summed E-state index contributed by atoms with van der Waals surface area (Å²) >= 11 is 0. The van der Waals surface area contributed by atoms with E-state index in [1.165, 1.54) is 57.6 Å². The molecule has 0 spiro atoms. The normalized spacial score (nSPS) is 30.6. The molecule has 0 heterocycles. The van der Waals surface area contributed by atoms with Crippen LogP contribution in [0.4, 0.5) is 0 Å². The van der Waals surface area contributed by atoms with E-state index in [1.54, 1.807) is 6.08 Å². The maximum Gasteiger partial charge on any atom is 0.330 e. The number of carbonyl (C=O) groups is 1. The number of hydrogen-bond donors (Lipinski definition) is 0. The number of esters is 1. The first-order chi connectivity index (χ1) is 7.33. The van der Waals surface area contributed by atoms with Crippen LogP contribution in [0.1, 0.15) is 44.9 Å². The second kappa shape index (κ2) is 4.82. The summed E-state index contributed by atoms with van der Waals surface area (Å²) in [5.41, 5.74) is 1.36. The first-order valence-corrected chi connectivity index (χ1v) is 6.12. The topological polar surface area (TPSA) is 26.3 Å². The molecule has 2 saturated carbocycles. The lowest BCUT2D eigenvalue weighted by atomic mass is 10.1. The fourth-order valence-corrected chi connectivity index (χ4v) is 2.81. The molecule has 0 aliphatic heterocycles. The summed E-state index contributed by atoms with van der Waals surface area (Å²) in [6, 6.07) is 0. The van der Waals surface area contributed by atoms with Gasteiger partial charge in [0, 0.05) is 6.08 Å². The van der Waals surface area contributed by atoms with Crippen molar-refractivity contribution >= 4 is 5.97 Å². The van der Waals surface area contributed by atoms with Crippen molar-refractivity contribution in [3.63, 3.8) is 0 Å². The van der Waals surface area contributed by atoms with Crippen LogP contribution in [0.15, 0.2) is 11.6 Å². The molecular weight excluding hydrogens is 188 g/mol. The third kappa shape index (κ3) is 2.61. The molecule has 0 aromatic heterocycles. The number of hydrogen-bond acceptors (Lipinski definition) is 2. The lowest BCUT2D eigenvalue weighted by Gasteiger charge is -1.97. The third-order valence-electron chi connectivity index (χ3n) is 3.75. The van der Waals surface area contributed by atoms with Crippen molar-refractivity contribution in [1.82, 2.24) is 0 Å². The number of fused-ring (bicyclic) bond motifs is 1. The number of rotatable bonds is 1. The Labute approximate surface area is 91.7 Å². The van der Waals surface area contributed by atoms with Crippen molar-refractivity contribution < 1.29 is 9.53 Å². The first kappa shape index (κ1) is 10.7. The van der Waals surface area contributed by atoms with Gasteiger partial charge in [-0.05, 0) is 24.7 Å². The van der Waals surface area contributed by atoms with E-state index in [9.17, 15) is 4.79 Å². The molecule has 2 fully saturated rings. The summed E-state index contributed by atoms with van der Waals surface area (Å²) in [6.45, 7) is 0. The van der Waals surface area contributed by atoms with Crippen molar-refractivity contribution in [2.24, 2.45) is 11.8 Å². The summed E-state index contributed by atoms with van der Waals surface area (Å²) in [5, 5.41) is 0. The van der Waals surface area contributed by atoms with Crippen molar-refractivity contribution in [3.05, 3.63) is 11.6 Å². The van der Waals surface area contributed by atoms with Gasteiger partial charge in [-0.2, -0.15) is 0 Å². The highest BCUT2D eigenvalue weighted by Gasteiger charge is 2.43. The molecule has 0 radical (unpaired) electrons. The SMILES string of the molecule is COC(=O)C=C1C2CCCCCCCC12. The molecule has 0 aromatic rings. The summed E-state index contributed by atoms with van der Waals surface area (Å²) in [5.74, 6) is 1.25. The van der Waals surface area contributed by atoms with E-state index in [0.29, 0.717) is 11.8 Å². The predicted molar refractivity (Wildman–Crippen MR) is 59.4 cm³/mol.